The van der Waals surface area contributed by atoms with Crippen molar-refractivity contribution >= 4 is 43.3 Å². The summed E-state index contributed by atoms with van der Waals surface area (Å²) in [5.41, 5.74) is -0.984. The van der Waals surface area contributed by atoms with Gasteiger partial charge >= 0.3 is 6.09 Å². The van der Waals surface area contributed by atoms with E-state index in [1.54, 1.807) is 20.1 Å². The van der Waals surface area contributed by atoms with Crippen molar-refractivity contribution in [2.75, 3.05) is 32.8 Å². The minimum atomic E-state index is -2.45. The first kappa shape index (κ1) is 41.6. The monoisotopic (exact) mass is 771 g/mol. The van der Waals surface area contributed by atoms with E-state index in [-0.39, 0.29) is 48.1 Å². The molecule has 7 N–H and O–H groups in total. The van der Waals surface area contributed by atoms with E-state index in [1.807, 2.05) is 20.1 Å². The standard InChI is InChI=1S/C33H45N3O12S3/c1-17(2)34-20-16-45-23(15-22(20)43-4)48-29-27(37)25(36-42)18(3)46-31(29)47-21-11-9-7-8-10-13-33(41)19(12-14-50-51-49-6)24(21)26(28(38)30(33)39)35-32(40)44-5/h7-8,12,17-18,20-23,25,27,29-31,34,36-37,39,41-42H,14-16H2,1-6H3,(H,35,40)/b8-7-,19-12-/t18-,20+,21-,22+,23+,25-,27+,29-,30+,31+,33+/m1/s1. The number of rotatable bonds is 13. The average Bonchev–Trinajstić information content (AvgIpc) is 3.10. The Morgan fingerprint density at radius 1 is 1.22 bits per heavy atom. The highest BCUT2D eigenvalue weighted by atomic mass is 33.5. The Morgan fingerprint density at radius 3 is 2.63 bits per heavy atom. The molecule has 18 heteroatoms. The highest BCUT2D eigenvalue weighted by molar-refractivity contribution is 9.09. The minimum absolute atomic E-state index is 0.0451. The predicted molar refractivity (Wildman–Crippen MR) is 191 cm³/mol. The molecule has 0 aromatic carbocycles. The molecule has 0 radical (unpaired) electrons. The first-order valence-corrected chi connectivity index (χ1v) is 20.2. The van der Waals surface area contributed by atoms with E-state index < -0.39 is 72.3 Å². The molecular formula is C33H45N3O12S3. The number of hydroxylamine groups is 1. The number of alkyl carbamates (subject to hydrolysis) is 1. The van der Waals surface area contributed by atoms with Crippen molar-refractivity contribution in [2.24, 2.45) is 0 Å². The topological polar surface area (TPSA) is 207 Å². The fourth-order valence-electron chi connectivity index (χ4n) is 6.07. The second-order valence-electron chi connectivity index (χ2n) is 12.1. The number of ketones is 1. The molecule has 0 saturated carbocycles. The number of aliphatic hydroxyl groups excluding tert-OH is 2. The van der Waals surface area contributed by atoms with E-state index in [1.165, 1.54) is 43.6 Å². The van der Waals surface area contributed by atoms with Gasteiger partial charge in [0.05, 0.1) is 43.7 Å². The van der Waals surface area contributed by atoms with Crippen molar-refractivity contribution in [3.63, 3.8) is 0 Å². The number of allylic oxidation sites excluding steroid dienone is 2. The molecule has 2 heterocycles. The molecule has 4 aliphatic rings. The van der Waals surface area contributed by atoms with Crippen molar-refractivity contribution in [1.29, 1.82) is 0 Å². The number of nitrogens with one attached hydrogen (secondary N) is 3. The molecule has 11 atom stereocenters. The summed E-state index contributed by atoms with van der Waals surface area (Å²) in [6, 6.07) is -0.981. The van der Waals surface area contributed by atoms with Gasteiger partial charge < -0.3 is 54.3 Å². The molecule has 2 aliphatic carbocycles. The Morgan fingerprint density at radius 2 is 1.96 bits per heavy atom. The molecule has 15 nitrogen and oxygen atoms in total. The Labute approximate surface area is 308 Å². The fraction of sp³-hybridized carbons (Fsp3) is 0.636. The zero-order chi connectivity index (χ0) is 37.3. The number of carbonyl (C=O) groups is 2. The van der Waals surface area contributed by atoms with Gasteiger partial charge in [-0.2, -0.15) is 5.48 Å². The van der Waals surface area contributed by atoms with Crippen LogP contribution >= 0.6 is 31.4 Å². The Balaban J connectivity index is 1.80. The molecule has 1 amide bonds. The Hall–Kier alpha value is -2.11. The van der Waals surface area contributed by atoms with E-state index in [9.17, 15) is 30.1 Å². The van der Waals surface area contributed by atoms with E-state index in [2.05, 4.69) is 39.8 Å². The van der Waals surface area contributed by atoms with Crippen LogP contribution in [0.1, 0.15) is 27.2 Å². The van der Waals surface area contributed by atoms with Crippen LogP contribution in [0.5, 0.6) is 0 Å². The van der Waals surface area contributed by atoms with Crippen LogP contribution < -0.4 is 16.1 Å². The number of hydrogen-bond donors (Lipinski definition) is 7. The van der Waals surface area contributed by atoms with Crippen LogP contribution in [-0.2, 0) is 33.2 Å². The molecule has 0 aromatic heterocycles. The normalized spacial score (nSPS) is 36.5. The minimum Gasteiger partial charge on any atom is -0.453 e. The lowest BCUT2D eigenvalue weighted by Gasteiger charge is -2.46. The highest BCUT2D eigenvalue weighted by Crippen LogP contribution is 2.41. The maximum Gasteiger partial charge on any atom is 0.411 e. The zero-order valence-electron chi connectivity index (χ0n) is 29.0. The number of ether oxygens (including phenoxy) is 6. The number of aliphatic hydroxyl groups is 3. The smallest absolute Gasteiger partial charge is 0.411 e. The predicted octanol–water partition coefficient (Wildman–Crippen LogP) is 0.785. The van der Waals surface area contributed by atoms with Crippen LogP contribution in [0.4, 0.5) is 4.79 Å². The molecule has 2 bridgehead atoms. The lowest BCUT2D eigenvalue weighted by molar-refractivity contribution is -0.329. The summed E-state index contributed by atoms with van der Waals surface area (Å²) in [5.74, 6) is 10.1. The van der Waals surface area contributed by atoms with Gasteiger partial charge in [-0.1, -0.05) is 65.2 Å². The van der Waals surface area contributed by atoms with E-state index in [0.29, 0.717) is 0 Å². The molecule has 4 rings (SSSR count). The molecule has 2 saturated heterocycles. The number of methoxy groups -OCH3 is 2. The lowest BCUT2D eigenvalue weighted by atomic mass is 9.73. The van der Waals surface area contributed by atoms with Crippen molar-refractivity contribution in [3.05, 3.63) is 35.1 Å². The number of amides is 1. The number of hydrogen-bond acceptors (Lipinski definition) is 17. The average molecular weight is 772 g/mol. The highest BCUT2D eigenvalue weighted by Gasteiger charge is 2.54. The number of carbonyl (C=O) groups excluding carboxylic acids is 2. The van der Waals surface area contributed by atoms with Gasteiger partial charge in [0.2, 0.25) is 5.78 Å². The van der Waals surface area contributed by atoms with Gasteiger partial charge in [-0.25, -0.2) is 4.79 Å². The second-order valence-corrected chi connectivity index (χ2v) is 16.5. The van der Waals surface area contributed by atoms with Crippen molar-refractivity contribution < 1.29 is 58.5 Å². The van der Waals surface area contributed by atoms with Crippen LogP contribution in [0.15, 0.2) is 35.1 Å². The van der Waals surface area contributed by atoms with Crippen molar-refractivity contribution in [2.45, 2.75) is 100 Å². The van der Waals surface area contributed by atoms with Crippen LogP contribution in [0, 0.1) is 23.7 Å². The van der Waals surface area contributed by atoms with Gasteiger partial charge in [0, 0.05) is 36.5 Å². The van der Waals surface area contributed by atoms with Gasteiger partial charge in [-0.3, -0.25) is 10.1 Å². The van der Waals surface area contributed by atoms with Crippen molar-refractivity contribution in [1.82, 2.24) is 16.1 Å². The van der Waals surface area contributed by atoms with Crippen LogP contribution in [0.3, 0.4) is 0 Å². The van der Waals surface area contributed by atoms with Crippen molar-refractivity contribution in [3.8, 4) is 23.7 Å². The van der Waals surface area contributed by atoms with Crippen LogP contribution in [0.25, 0.3) is 0 Å². The molecule has 282 valence electrons. The maximum atomic E-state index is 13.8. The summed E-state index contributed by atoms with van der Waals surface area (Å²) >= 11 is 0. The number of Topliss-reactive ketones (excluding diaryl/α,β-unsaturated/α-hetero) is 1. The fourth-order valence-corrected chi connectivity index (χ4v) is 8.48. The molecule has 2 aliphatic heterocycles. The van der Waals surface area contributed by atoms with E-state index >= 15 is 0 Å². The molecule has 0 unspecified atom stereocenters. The van der Waals surface area contributed by atoms with E-state index in [0.717, 1.165) is 7.11 Å². The lowest BCUT2D eigenvalue weighted by Crippen LogP contribution is -2.64. The summed E-state index contributed by atoms with van der Waals surface area (Å²) in [7, 11) is 7.04. The third kappa shape index (κ3) is 9.91. The van der Waals surface area contributed by atoms with Gasteiger partial charge in [-0.15, -0.1) is 0 Å². The molecular weight excluding hydrogens is 727 g/mol. The SMILES string of the molecule is COC(=O)NC1=C2/C(=C/CSSSC)[C@@](O)(C#C/C=C\C#C[C@H]2O[C@@H]2O[C@H](C)[C@@H](NO)[C@H](O)[C@H]2O[C@H]2C[C@H](OC)[C@@H](NC(C)C)CO2)[C@@H](O)C1=O. The first-order chi connectivity index (χ1) is 24.4. The molecule has 51 heavy (non-hydrogen) atoms. The van der Waals surface area contributed by atoms with E-state index in [4.69, 9.17) is 28.4 Å². The summed E-state index contributed by atoms with van der Waals surface area (Å²) in [5, 5.41) is 50.4. The molecule has 0 spiro atoms. The van der Waals surface area contributed by atoms with Gasteiger partial charge in [0.1, 0.15) is 18.3 Å². The molecule has 2 fully saturated rings. The maximum absolute atomic E-state index is 13.8. The second kappa shape index (κ2) is 19.3. The van der Waals surface area contributed by atoms with Crippen LogP contribution in [-0.4, -0.2) is 138 Å². The summed E-state index contributed by atoms with van der Waals surface area (Å²) in [4.78, 5) is 26.3. The molecule has 0 aromatic rings. The Kier molecular flexibility index (Phi) is 15.7. The third-order valence-corrected chi connectivity index (χ3v) is 12.2. The number of fused-ring (bicyclic) bond motifs is 2. The largest absolute Gasteiger partial charge is 0.453 e. The first-order valence-electron chi connectivity index (χ1n) is 16.1. The summed E-state index contributed by atoms with van der Waals surface area (Å²) in [6.45, 7) is 5.84. The van der Waals surface area contributed by atoms with Gasteiger partial charge in [0.25, 0.3) is 0 Å². The van der Waals surface area contributed by atoms with Gasteiger partial charge in [0.15, 0.2) is 24.3 Å². The summed E-state index contributed by atoms with van der Waals surface area (Å²) in [6.07, 6.45) is -4.41. The van der Waals surface area contributed by atoms with Gasteiger partial charge in [-0.05, 0) is 35.2 Å². The quantitative estimate of drug-likeness (QED) is 0.0598. The Bertz CT molecular complexity index is 1470. The zero-order valence-corrected chi connectivity index (χ0v) is 31.4. The summed E-state index contributed by atoms with van der Waals surface area (Å²) < 4.78 is 35.5. The third-order valence-electron chi connectivity index (χ3n) is 8.47. The van der Waals surface area contributed by atoms with Crippen LogP contribution in [0.2, 0.25) is 0 Å².